The first-order chi connectivity index (χ1) is 11.7. The van der Waals surface area contributed by atoms with Gasteiger partial charge < -0.3 is 14.1 Å². The summed E-state index contributed by atoms with van der Waals surface area (Å²) in [6.45, 7) is 2.00. The van der Waals surface area contributed by atoms with Crippen LogP contribution in [-0.4, -0.2) is 37.1 Å². The van der Waals surface area contributed by atoms with Crippen LogP contribution in [0.1, 0.15) is 5.76 Å². The molecule has 1 aliphatic rings. The molecule has 24 heavy (non-hydrogen) atoms. The van der Waals surface area contributed by atoms with E-state index in [-0.39, 0.29) is 11.5 Å². The number of halogens is 1. The lowest BCUT2D eigenvalue weighted by Gasteiger charge is -2.26. The topological polar surface area (TPSA) is 66.5 Å². The Balaban J connectivity index is 1.80. The summed E-state index contributed by atoms with van der Waals surface area (Å²) in [4.78, 5) is 14.0. The number of furan rings is 1. The predicted molar refractivity (Wildman–Crippen MR) is 92.8 cm³/mol. The van der Waals surface area contributed by atoms with E-state index in [1.807, 2.05) is 36.4 Å². The van der Waals surface area contributed by atoms with Gasteiger partial charge in [-0.05, 0) is 24.3 Å². The molecule has 1 aliphatic heterocycles. The summed E-state index contributed by atoms with van der Waals surface area (Å²) >= 11 is 3.39. The Morgan fingerprint density at radius 2 is 1.88 bits per heavy atom. The van der Waals surface area contributed by atoms with Gasteiger partial charge in [0.2, 0.25) is 0 Å². The van der Waals surface area contributed by atoms with E-state index in [4.69, 9.17) is 9.15 Å². The number of nitrogens with zero attached hydrogens (tertiary/aromatic N) is 2. The molecule has 122 valence electrons. The molecule has 0 unspecified atom stereocenters. The third-order valence-corrected chi connectivity index (χ3v) is 4.22. The van der Waals surface area contributed by atoms with Crippen molar-refractivity contribution in [3.05, 3.63) is 52.2 Å². The molecule has 2 aromatic rings. The van der Waals surface area contributed by atoms with Crippen LogP contribution in [0.5, 0.6) is 0 Å². The monoisotopic (exact) mass is 386 g/mol. The maximum Gasteiger partial charge on any atom is 0.264 e. The van der Waals surface area contributed by atoms with E-state index in [2.05, 4.69) is 15.9 Å². The van der Waals surface area contributed by atoms with Crippen molar-refractivity contribution in [2.75, 3.05) is 26.3 Å². The van der Waals surface area contributed by atoms with Crippen LogP contribution >= 0.6 is 15.9 Å². The average molecular weight is 387 g/mol. The molecule has 5 nitrogen and oxygen atoms in total. The van der Waals surface area contributed by atoms with Gasteiger partial charge in [-0.1, -0.05) is 28.1 Å². The number of carbonyl (C=O) groups is 1. The van der Waals surface area contributed by atoms with Gasteiger partial charge in [-0.15, -0.1) is 0 Å². The van der Waals surface area contributed by atoms with Crippen molar-refractivity contribution < 1.29 is 13.9 Å². The minimum atomic E-state index is -0.289. The van der Waals surface area contributed by atoms with Gasteiger partial charge in [-0.2, -0.15) is 5.26 Å². The third kappa shape index (κ3) is 3.75. The number of ether oxygens (including phenoxy) is 1. The molecule has 0 bridgehead atoms. The van der Waals surface area contributed by atoms with Crippen molar-refractivity contribution in [1.82, 2.24) is 4.90 Å². The SMILES string of the molecule is N#C/C(=C/c1ccc(-c2ccc(Br)cc2)o1)C(=O)N1CCOCC1. The number of amides is 1. The second-order valence-corrected chi connectivity index (χ2v) is 6.20. The highest BCUT2D eigenvalue weighted by Gasteiger charge is 2.21. The minimum absolute atomic E-state index is 0.0635. The van der Waals surface area contributed by atoms with Crippen LogP contribution in [0.15, 0.2) is 50.9 Å². The van der Waals surface area contributed by atoms with Crippen molar-refractivity contribution in [2.24, 2.45) is 0 Å². The molecule has 1 amide bonds. The molecule has 1 aromatic heterocycles. The zero-order valence-electron chi connectivity index (χ0n) is 12.9. The van der Waals surface area contributed by atoms with E-state index < -0.39 is 0 Å². The summed E-state index contributed by atoms with van der Waals surface area (Å²) in [5.41, 5.74) is 0.990. The molecule has 1 saturated heterocycles. The molecule has 0 atom stereocenters. The number of nitriles is 1. The molecular weight excluding hydrogens is 372 g/mol. The van der Waals surface area contributed by atoms with E-state index in [1.54, 1.807) is 11.0 Å². The van der Waals surface area contributed by atoms with Gasteiger partial charge in [-0.25, -0.2) is 0 Å². The smallest absolute Gasteiger partial charge is 0.264 e. The van der Waals surface area contributed by atoms with E-state index in [0.29, 0.717) is 37.8 Å². The number of morpholine rings is 1. The molecule has 1 aromatic carbocycles. The summed E-state index contributed by atoms with van der Waals surface area (Å²) in [6, 6.07) is 13.3. The van der Waals surface area contributed by atoms with Gasteiger partial charge in [0.1, 0.15) is 23.2 Å². The number of benzene rings is 1. The van der Waals surface area contributed by atoms with Crippen molar-refractivity contribution in [1.29, 1.82) is 5.26 Å². The summed E-state index contributed by atoms with van der Waals surface area (Å²) in [5, 5.41) is 9.30. The lowest BCUT2D eigenvalue weighted by Crippen LogP contribution is -2.41. The number of carbonyl (C=O) groups excluding carboxylic acids is 1. The Morgan fingerprint density at radius 3 is 2.54 bits per heavy atom. The van der Waals surface area contributed by atoms with Gasteiger partial charge in [0, 0.05) is 29.2 Å². The zero-order valence-corrected chi connectivity index (χ0v) is 14.5. The molecule has 2 heterocycles. The van der Waals surface area contributed by atoms with E-state index in [1.165, 1.54) is 6.08 Å². The summed E-state index contributed by atoms with van der Waals surface area (Å²) in [6.07, 6.45) is 1.49. The maximum atomic E-state index is 12.4. The highest BCUT2D eigenvalue weighted by Crippen LogP contribution is 2.25. The Labute approximate surface area is 148 Å². The lowest BCUT2D eigenvalue weighted by molar-refractivity contribution is -0.130. The summed E-state index contributed by atoms with van der Waals surface area (Å²) < 4.78 is 12.0. The predicted octanol–water partition coefficient (Wildman–Crippen LogP) is 3.47. The van der Waals surface area contributed by atoms with Crippen LogP contribution in [0.4, 0.5) is 0 Å². The first-order valence-corrected chi connectivity index (χ1v) is 8.31. The van der Waals surface area contributed by atoms with E-state index in [0.717, 1.165) is 10.0 Å². The van der Waals surface area contributed by atoms with E-state index >= 15 is 0 Å². The van der Waals surface area contributed by atoms with Crippen molar-refractivity contribution in [2.45, 2.75) is 0 Å². The van der Waals surface area contributed by atoms with E-state index in [9.17, 15) is 10.1 Å². The number of rotatable bonds is 3. The number of hydrogen-bond acceptors (Lipinski definition) is 4. The summed E-state index contributed by atoms with van der Waals surface area (Å²) in [5.74, 6) is 0.873. The quantitative estimate of drug-likeness (QED) is 0.598. The van der Waals surface area contributed by atoms with Gasteiger partial charge in [0.25, 0.3) is 5.91 Å². The van der Waals surface area contributed by atoms with Gasteiger partial charge in [0.05, 0.1) is 13.2 Å². The molecule has 0 saturated carbocycles. The fraction of sp³-hybridized carbons (Fsp3) is 0.222. The first kappa shape index (κ1) is 16.5. The molecule has 0 spiro atoms. The first-order valence-electron chi connectivity index (χ1n) is 7.52. The molecule has 0 radical (unpaired) electrons. The standard InChI is InChI=1S/C18H15BrN2O3/c19-15-3-1-13(2-4-15)17-6-5-16(24-17)11-14(12-20)18(22)21-7-9-23-10-8-21/h1-6,11H,7-10H2/b14-11-. The fourth-order valence-electron chi connectivity index (χ4n) is 2.42. The molecule has 6 heteroatoms. The number of hydrogen-bond donors (Lipinski definition) is 0. The maximum absolute atomic E-state index is 12.4. The van der Waals surface area contributed by atoms with Crippen LogP contribution in [0.3, 0.4) is 0 Å². The lowest BCUT2D eigenvalue weighted by atomic mass is 10.2. The Hall–Kier alpha value is -2.36. The van der Waals surface area contributed by atoms with Crippen molar-refractivity contribution in [3.63, 3.8) is 0 Å². The Morgan fingerprint density at radius 1 is 1.17 bits per heavy atom. The average Bonchev–Trinajstić information content (AvgIpc) is 3.09. The van der Waals surface area contributed by atoms with Gasteiger partial charge >= 0.3 is 0 Å². The molecular formula is C18H15BrN2O3. The van der Waals surface area contributed by atoms with Gasteiger partial charge in [0.15, 0.2) is 0 Å². The zero-order chi connectivity index (χ0) is 16.9. The van der Waals surface area contributed by atoms with Crippen molar-refractivity contribution in [3.8, 4) is 17.4 Å². The van der Waals surface area contributed by atoms with Crippen LogP contribution in [0.2, 0.25) is 0 Å². The van der Waals surface area contributed by atoms with Gasteiger partial charge in [-0.3, -0.25) is 4.79 Å². The Bertz CT molecular complexity index is 796. The molecule has 3 rings (SSSR count). The molecule has 0 N–H and O–H groups in total. The van der Waals surface area contributed by atoms with Crippen LogP contribution in [-0.2, 0) is 9.53 Å². The highest BCUT2D eigenvalue weighted by molar-refractivity contribution is 9.10. The highest BCUT2D eigenvalue weighted by atomic mass is 79.9. The molecule has 1 fully saturated rings. The Kier molecular flexibility index (Phi) is 5.14. The van der Waals surface area contributed by atoms with Crippen LogP contribution in [0.25, 0.3) is 17.4 Å². The second-order valence-electron chi connectivity index (χ2n) is 5.28. The van der Waals surface area contributed by atoms with Crippen LogP contribution in [0, 0.1) is 11.3 Å². The fourth-order valence-corrected chi connectivity index (χ4v) is 2.68. The third-order valence-electron chi connectivity index (χ3n) is 3.69. The molecule has 0 aliphatic carbocycles. The minimum Gasteiger partial charge on any atom is -0.457 e. The van der Waals surface area contributed by atoms with Crippen LogP contribution < -0.4 is 0 Å². The van der Waals surface area contributed by atoms with Crippen molar-refractivity contribution >= 4 is 27.9 Å². The second kappa shape index (κ2) is 7.47. The largest absolute Gasteiger partial charge is 0.457 e. The summed E-state index contributed by atoms with van der Waals surface area (Å²) in [7, 11) is 0. The normalized spacial score (nSPS) is 15.2.